The highest BCUT2D eigenvalue weighted by molar-refractivity contribution is 7.89. The minimum Gasteiger partial charge on any atom is -0.468 e. The third-order valence-electron chi connectivity index (χ3n) is 5.66. The Hall–Kier alpha value is -3.69. The summed E-state index contributed by atoms with van der Waals surface area (Å²) in [6, 6.07) is 16.4. The van der Waals surface area contributed by atoms with Gasteiger partial charge in [0.15, 0.2) is 0 Å². The second-order valence-electron chi connectivity index (χ2n) is 8.00. The minimum atomic E-state index is -4.04. The number of hydrogen-bond acceptors (Lipinski definition) is 6. The highest BCUT2D eigenvalue weighted by Gasteiger charge is 2.27. The second-order valence-corrected chi connectivity index (χ2v) is 9.93. The van der Waals surface area contributed by atoms with Gasteiger partial charge in [-0.2, -0.15) is 4.31 Å². The molecule has 2 aromatic carbocycles. The van der Waals surface area contributed by atoms with Crippen molar-refractivity contribution < 1.29 is 22.4 Å². The van der Waals surface area contributed by atoms with Crippen LogP contribution in [-0.4, -0.2) is 30.3 Å². The molecule has 1 N–H and O–H groups in total. The molecular weight excluding hydrogens is 468 g/mol. The number of nitrogens with one attached hydrogen (secondary N) is 1. The van der Waals surface area contributed by atoms with Gasteiger partial charge in [-0.05, 0) is 78.9 Å². The molecule has 8 nitrogen and oxygen atoms in total. The zero-order chi connectivity index (χ0) is 25.0. The third-order valence-corrected chi connectivity index (χ3v) is 7.46. The van der Waals surface area contributed by atoms with E-state index < -0.39 is 16.0 Å². The zero-order valence-corrected chi connectivity index (χ0v) is 20.3. The van der Waals surface area contributed by atoms with Crippen LogP contribution in [-0.2, 0) is 34.3 Å². The van der Waals surface area contributed by atoms with Crippen molar-refractivity contribution in [2.24, 2.45) is 0 Å². The number of sulfonamides is 1. The number of ether oxygens (including phenoxy) is 1. The van der Waals surface area contributed by atoms with E-state index in [1.165, 1.54) is 34.8 Å². The summed E-state index contributed by atoms with van der Waals surface area (Å²) in [5.41, 5.74) is 1.99. The molecule has 4 aromatic rings. The highest BCUT2D eigenvalue weighted by atomic mass is 32.2. The molecule has 35 heavy (non-hydrogen) atoms. The van der Waals surface area contributed by atoms with Crippen molar-refractivity contribution in [3.63, 3.8) is 0 Å². The number of aromatic nitrogens is 1. The number of carbonyl (C=O) groups is 1. The van der Waals surface area contributed by atoms with Gasteiger partial charge >= 0.3 is 5.97 Å². The number of furan rings is 1. The lowest BCUT2D eigenvalue weighted by atomic mass is 10.1. The summed E-state index contributed by atoms with van der Waals surface area (Å²) in [6.45, 7) is 3.72. The number of carbonyl (C=O) groups excluding carboxylic acids is 1. The van der Waals surface area contributed by atoms with E-state index in [4.69, 9.17) is 9.15 Å². The van der Waals surface area contributed by atoms with Crippen molar-refractivity contribution in [1.29, 1.82) is 0 Å². The van der Waals surface area contributed by atoms with E-state index in [0.29, 0.717) is 16.8 Å². The number of aromatic amines is 1. The van der Waals surface area contributed by atoms with E-state index in [2.05, 4.69) is 4.98 Å². The number of esters is 1. The molecule has 0 unspecified atom stereocenters. The monoisotopic (exact) mass is 494 g/mol. The van der Waals surface area contributed by atoms with E-state index in [0.717, 1.165) is 17.4 Å². The van der Waals surface area contributed by atoms with Crippen LogP contribution in [0.4, 0.5) is 0 Å². The molecule has 9 heteroatoms. The van der Waals surface area contributed by atoms with Crippen LogP contribution < -0.4 is 5.56 Å². The number of benzene rings is 2. The molecular formula is C26H26N2O6S. The van der Waals surface area contributed by atoms with Gasteiger partial charge in [0, 0.05) is 17.6 Å². The summed E-state index contributed by atoms with van der Waals surface area (Å²) in [6.07, 6.45) is 2.30. The Morgan fingerprint density at radius 3 is 2.46 bits per heavy atom. The van der Waals surface area contributed by atoms with E-state index >= 15 is 0 Å². The molecule has 0 spiro atoms. The summed E-state index contributed by atoms with van der Waals surface area (Å²) in [4.78, 5) is 27.6. The average molecular weight is 495 g/mol. The number of rotatable bonds is 9. The van der Waals surface area contributed by atoms with Crippen LogP contribution >= 0.6 is 0 Å². The van der Waals surface area contributed by atoms with Gasteiger partial charge in [-0.25, -0.2) is 13.2 Å². The number of hydrogen-bond donors (Lipinski definition) is 1. The maximum atomic E-state index is 13.6. The van der Waals surface area contributed by atoms with Gasteiger partial charge in [-0.3, -0.25) is 4.79 Å². The van der Waals surface area contributed by atoms with Crippen LogP contribution in [0.3, 0.4) is 0 Å². The largest absolute Gasteiger partial charge is 0.468 e. The fourth-order valence-corrected chi connectivity index (χ4v) is 5.14. The predicted octanol–water partition coefficient (Wildman–Crippen LogP) is 4.25. The molecule has 0 radical (unpaired) electrons. The average Bonchev–Trinajstić information content (AvgIpc) is 3.37. The lowest BCUT2D eigenvalue weighted by Gasteiger charge is -2.21. The van der Waals surface area contributed by atoms with E-state index in [1.807, 2.05) is 25.1 Å². The first-order valence-corrected chi connectivity index (χ1v) is 12.7. The van der Waals surface area contributed by atoms with Gasteiger partial charge in [0.1, 0.15) is 5.76 Å². The number of pyridine rings is 1. The predicted molar refractivity (Wildman–Crippen MR) is 131 cm³/mol. The molecule has 0 saturated carbocycles. The van der Waals surface area contributed by atoms with Crippen LogP contribution in [0, 0.1) is 0 Å². The molecule has 0 atom stereocenters. The topological polar surface area (TPSA) is 110 Å². The van der Waals surface area contributed by atoms with Crippen LogP contribution in [0.2, 0.25) is 0 Å². The van der Waals surface area contributed by atoms with E-state index in [9.17, 15) is 18.0 Å². The zero-order valence-electron chi connectivity index (χ0n) is 19.5. The molecule has 0 saturated heterocycles. The number of fused-ring (bicyclic) bond motifs is 1. The summed E-state index contributed by atoms with van der Waals surface area (Å²) >= 11 is 0. The van der Waals surface area contributed by atoms with E-state index in [1.54, 1.807) is 25.1 Å². The summed E-state index contributed by atoms with van der Waals surface area (Å²) < 4.78 is 38.7. The molecule has 0 aliphatic heterocycles. The Labute approximate surface area is 203 Å². The van der Waals surface area contributed by atoms with Crippen LogP contribution in [0.5, 0.6) is 0 Å². The van der Waals surface area contributed by atoms with Crippen molar-refractivity contribution in [3.8, 4) is 0 Å². The fourth-order valence-electron chi connectivity index (χ4n) is 3.76. The number of H-pyrrole nitrogens is 1. The van der Waals surface area contributed by atoms with Crippen molar-refractivity contribution in [1.82, 2.24) is 9.29 Å². The van der Waals surface area contributed by atoms with Crippen molar-refractivity contribution >= 4 is 26.9 Å². The normalized spacial score (nSPS) is 11.7. The molecule has 2 heterocycles. The third kappa shape index (κ3) is 5.36. The molecule has 0 bridgehead atoms. The lowest BCUT2D eigenvalue weighted by Crippen LogP contribution is -2.32. The Balaban J connectivity index is 1.71. The van der Waals surface area contributed by atoms with Gasteiger partial charge < -0.3 is 14.1 Å². The maximum absolute atomic E-state index is 13.6. The quantitative estimate of drug-likeness (QED) is 0.348. The maximum Gasteiger partial charge on any atom is 0.338 e. The Kier molecular flexibility index (Phi) is 7.18. The van der Waals surface area contributed by atoms with E-state index in [-0.39, 0.29) is 35.7 Å². The molecule has 0 amide bonds. The highest BCUT2D eigenvalue weighted by Crippen LogP contribution is 2.23. The summed E-state index contributed by atoms with van der Waals surface area (Å²) in [7, 11) is -4.04. The van der Waals surface area contributed by atoms with Crippen LogP contribution in [0.15, 0.2) is 81.0 Å². The Morgan fingerprint density at radius 2 is 1.80 bits per heavy atom. The molecule has 0 aliphatic rings. The second kappa shape index (κ2) is 10.3. The van der Waals surface area contributed by atoms with Gasteiger partial charge in [-0.1, -0.05) is 13.0 Å². The minimum absolute atomic E-state index is 0.0115. The number of aryl methyl sites for hydroxylation is 1. The van der Waals surface area contributed by atoms with Crippen molar-refractivity contribution in [2.45, 2.75) is 38.3 Å². The Bertz CT molecular complexity index is 1490. The smallest absolute Gasteiger partial charge is 0.338 e. The van der Waals surface area contributed by atoms with Gasteiger partial charge in [0.2, 0.25) is 10.0 Å². The standard InChI is InChI=1S/C26H26N2O6S/c1-3-18-7-12-24-20(14-18)15-21(25(29)27-24)16-28(17-22-6-5-13-34-22)35(31,32)23-10-8-19(9-11-23)26(30)33-4-2/h5-15H,3-4,16-17H2,1-2H3,(H,27,29). The van der Waals surface area contributed by atoms with Gasteiger partial charge in [0.05, 0.1) is 29.9 Å². The first-order chi connectivity index (χ1) is 16.8. The molecule has 4 rings (SSSR count). The fraction of sp³-hybridized carbons (Fsp3) is 0.231. The van der Waals surface area contributed by atoms with Gasteiger partial charge in [-0.15, -0.1) is 0 Å². The van der Waals surface area contributed by atoms with Crippen LogP contribution in [0.1, 0.15) is 41.1 Å². The molecule has 2 aromatic heterocycles. The SMILES string of the molecule is CCOC(=O)c1ccc(S(=O)(=O)N(Cc2ccco2)Cc2cc3cc(CC)ccc3[nH]c2=O)cc1. The Morgan fingerprint density at radius 1 is 1.03 bits per heavy atom. The van der Waals surface area contributed by atoms with Crippen molar-refractivity contribution in [3.05, 3.63) is 99.7 Å². The molecule has 0 aliphatic carbocycles. The first-order valence-electron chi connectivity index (χ1n) is 11.3. The first kappa shape index (κ1) is 24.4. The molecule has 0 fully saturated rings. The van der Waals surface area contributed by atoms with Crippen LogP contribution in [0.25, 0.3) is 10.9 Å². The van der Waals surface area contributed by atoms with Gasteiger partial charge in [0.25, 0.3) is 5.56 Å². The summed E-state index contributed by atoms with van der Waals surface area (Å²) in [5.74, 6) is -0.0970. The van der Waals surface area contributed by atoms with Crippen molar-refractivity contribution in [2.75, 3.05) is 6.61 Å². The lowest BCUT2D eigenvalue weighted by molar-refractivity contribution is 0.0526. The molecule has 182 valence electrons. The summed E-state index contributed by atoms with van der Waals surface area (Å²) in [5, 5.41) is 0.827. The number of nitrogens with zero attached hydrogens (tertiary/aromatic N) is 1.